The van der Waals surface area contributed by atoms with Crippen LogP contribution in [-0.4, -0.2) is 51.7 Å². The molecule has 31 heavy (non-hydrogen) atoms. The number of para-hydroxylation sites is 1. The predicted octanol–water partition coefficient (Wildman–Crippen LogP) is 5.04. The van der Waals surface area contributed by atoms with Crippen molar-refractivity contribution in [2.75, 3.05) is 18.4 Å². The second-order valence-electron chi connectivity index (χ2n) is 9.85. The smallest absolute Gasteiger partial charge is 0.323 e. The Morgan fingerprint density at radius 2 is 1.68 bits per heavy atom. The molecule has 6 nitrogen and oxygen atoms in total. The molecule has 2 fully saturated rings. The van der Waals surface area contributed by atoms with E-state index in [0.29, 0.717) is 13.0 Å². The lowest BCUT2D eigenvalue weighted by molar-refractivity contribution is -0.116. The van der Waals surface area contributed by atoms with E-state index in [1.165, 1.54) is 0 Å². The molecule has 0 bridgehead atoms. The van der Waals surface area contributed by atoms with Crippen LogP contribution in [0.1, 0.15) is 96.1 Å². The first kappa shape index (κ1) is 23.6. The summed E-state index contributed by atoms with van der Waals surface area (Å²) < 4.78 is 0. The van der Waals surface area contributed by atoms with Gasteiger partial charge in [0.05, 0.1) is 5.54 Å². The van der Waals surface area contributed by atoms with E-state index in [-0.39, 0.29) is 35.9 Å². The number of carbonyl (C=O) groups excluding carboxylic acids is 2. The van der Waals surface area contributed by atoms with Gasteiger partial charge in [0.15, 0.2) is 0 Å². The third-order valence-corrected chi connectivity index (χ3v) is 6.89. The summed E-state index contributed by atoms with van der Waals surface area (Å²) in [6, 6.07) is 5.95. The molecule has 0 aromatic heterocycles. The molecule has 3 rings (SSSR count). The Morgan fingerprint density at radius 3 is 2.19 bits per heavy atom. The summed E-state index contributed by atoms with van der Waals surface area (Å²) in [5.74, 6) is 0.383. The molecule has 1 atom stereocenters. The van der Waals surface area contributed by atoms with E-state index in [2.05, 4.69) is 45.1 Å². The van der Waals surface area contributed by atoms with Crippen LogP contribution in [0.2, 0.25) is 0 Å². The van der Waals surface area contributed by atoms with E-state index in [9.17, 15) is 14.7 Å². The van der Waals surface area contributed by atoms with Gasteiger partial charge in [0.2, 0.25) is 5.91 Å². The normalized spacial score (nSPS) is 19.5. The van der Waals surface area contributed by atoms with Crippen molar-refractivity contribution >= 4 is 17.6 Å². The highest BCUT2D eigenvalue weighted by molar-refractivity contribution is 5.96. The van der Waals surface area contributed by atoms with Gasteiger partial charge in [-0.05, 0) is 42.2 Å². The highest BCUT2D eigenvalue weighted by atomic mass is 16.3. The fourth-order valence-electron chi connectivity index (χ4n) is 5.26. The summed E-state index contributed by atoms with van der Waals surface area (Å²) in [7, 11) is 0. The number of amides is 3. The lowest BCUT2D eigenvalue weighted by Crippen LogP contribution is -2.53. The third kappa shape index (κ3) is 4.74. The first-order chi connectivity index (χ1) is 14.7. The number of benzene rings is 1. The van der Waals surface area contributed by atoms with Crippen molar-refractivity contribution < 1.29 is 14.7 Å². The molecule has 1 saturated carbocycles. The summed E-state index contributed by atoms with van der Waals surface area (Å²) in [6.07, 6.45) is 4.75. The average molecular weight is 430 g/mol. The molecule has 1 saturated heterocycles. The van der Waals surface area contributed by atoms with Crippen LogP contribution in [0.5, 0.6) is 0 Å². The fourth-order valence-corrected chi connectivity index (χ4v) is 5.26. The van der Waals surface area contributed by atoms with Crippen molar-refractivity contribution in [3.05, 3.63) is 29.3 Å². The van der Waals surface area contributed by atoms with Gasteiger partial charge < -0.3 is 15.3 Å². The minimum atomic E-state index is -0.798. The van der Waals surface area contributed by atoms with Crippen LogP contribution in [0, 0.1) is 0 Å². The molecule has 2 N–H and O–H groups in total. The molecular formula is C25H39N3O3. The number of rotatable bonds is 7. The highest BCUT2D eigenvalue weighted by Gasteiger charge is 2.52. The molecule has 3 amide bonds. The lowest BCUT2D eigenvalue weighted by Gasteiger charge is -2.42. The van der Waals surface area contributed by atoms with Gasteiger partial charge in [-0.3, -0.25) is 9.69 Å². The van der Waals surface area contributed by atoms with Crippen LogP contribution in [0.3, 0.4) is 0 Å². The largest absolute Gasteiger partial charge is 0.373 e. The molecule has 1 unspecified atom stereocenters. The van der Waals surface area contributed by atoms with E-state index in [1.54, 1.807) is 9.80 Å². The van der Waals surface area contributed by atoms with Crippen molar-refractivity contribution in [3.63, 3.8) is 0 Å². The van der Waals surface area contributed by atoms with Crippen LogP contribution >= 0.6 is 0 Å². The number of nitrogens with one attached hydrogen (secondary N) is 1. The Balaban J connectivity index is 1.80. The van der Waals surface area contributed by atoms with Crippen LogP contribution in [0.25, 0.3) is 0 Å². The van der Waals surface area contributed by atoms with Gasteiger partial charge in [-0.15, -0.1) is 0 Å². The van der Waals surface area contributed by atoms with Gasteiger partial charge in [0, 0.05) is 12.2 Å². The quantitative estimate of drug-likeness (QED) is 0.638. The number of aliphatic hydroxyl groups excluding tert-OH is 1. The topological polar surface area (TPSA) is 72.9 Å². The van der Waals surface area contributed by atoms with Gasteiger partial charge in [-0.25, -0.2) is 4.79 Å². The summed E-state index contributed by atoms with van der Waals surface area (Å²) in [5.41, 5.74) is 2.75. The van der Waals surface area contributed by atoms with Crippen LogP contribution in [-0.2, 0) is 4.79 Å². The SMILES string of the molecule is CCC(O)N1C(=O)N(CC(=O)Nc2c(C(C)C)cccc2C(C)C)CC12CCCCC2. The Kier molecular flexibility index (Phi) is 7.30. The number of anilines is 1. The zero-order chi connectivity index (χ0) is 22.8. The predicted molar refractivity (Wildman–Crippen MR) is 124 cm³/mol. The summed E-state index contributed by atoms with van der Waals surface area (Å²) >= 11 is 0. The Bertz CT molecular complexity index is 773. The minimum Gasteiger partial charge on any atom is -0.373 e. The van der Waals surface area contributed by atoms with Crippen molar-refractivity contribution in [1.82, 2.24) is 9.80 Å². The maximum Gasteiger partial charge on any atom is 0.323 e. The van der Waals surface area contributed by atoms with Crippen molar-refractivity contribution in [2.45, 2.75) is 96.7 Å². The van der Waals surface area contributed by atoms with E-state index in [1.807, 2.05) is 13.0 Å². The second-order valence-corrected chi connectivity index (χ2v) is 9.85. The Hall–Kier alpha value is -2.08. The number of hydrogen-bond acceptors (Lipinski definition) is 3. The first-order valence-electron chi connectivity index (χ1n) is 11.9. The standard InChI is InChI=1S/C25H39N3O3/c1-6-22(30)28-24(31)27(16-25(28)13-8-7-9-14-25)15-21(29)26-23-19(17(2)3)11-10-12-20(23)18(4)5/h10-12,17-18,22,30H,6-9,13-16H2,1-5H3,(H,26,29). The fraction of sp³-hybridized carbons (Fsp3) is 0.680. The van der Waals surface area contributed by atoms with Gasteiger partial charge in [0.25, 0.3) is 0 Å². The summed E-state index contributed by atoms with van der Waals surface area (Å²) in [4.78, 5) is 29.6. The summed E-state index contributed by atoms with van der Waals surface area (Å²) in [5, 5.41) is 13.7. The van der Waals surface area contributed by atoms with Crippen LogP contribution < -0.4 is 5.32 Å². The lowest BCUT2D eigenvalue weighted by atomic mass is 9.81. The van der Waals surface area contributed by atoms with E-state index in [0.717, 1.165) is 48.9 Å². The van der Waals surface area contributed by atoms with Crippen molar-refractivity contribution in [1.29, 1.82) is 0 Å². The zero-order valence-electron chi connectivity index (χ0n) is 19.8. The van der Waals surface area contributed by atoms with Crippen LogP contribution in [0.15, 0.2) is 18.2 Å². The van der Waals surface area contributed by atoms with E-state index in [4.69, 9.17) is 0 Å². The molecule has 1 aromatic rings. The molecule has 172 valence electrons. The van der Waals surface area contributed by atoms with Gasteiger partial charge in [-0.2, -0.15) is 0 Å². The molecular weight excluding hydrogens is 390 g/mol. The molecule has 1 aromatic carbocycles. The molecule has 1 spiro atoms. The first-order valence-corrected chi connectivity index (χ1v) is 11.9. The average Bonchev–Trinajstić information content (AvgIpc) is 2.98. The molecule has 1 heterocycles. The number of hydrogen-bond donors (Lipinski definition) is 2. The Morgan fingerprint density at radius 1 is 1.10 bits per heavy atom. The minimum absolute atomic E-state index is 0.0114. The van der Waals surface area contributed by atoms with E-state index >= 15 is 0 Å². The van der Waals surface area contributed by atoms with E-state index < -0.39 is 6.23 Å². The maximum absolute atomic E-state index is 13.2. The maximum atomic E-state index is 13.2. The zero-order valence-corrected chi connectivity index (χ0v) is 19.8. The molecule has 0 radical (unpaired) electrons. The number of aliphatic hydroxyl groups is 1. The summed E-state index contributed by atoms with van der Waals surface area (Å²) in [6.45, 7) is 10.9. The van der Waals surface area contributed by atoms with Gasteiger partial charge in [0.1, 0.15) is 12.8 Å². The number of carbonyl (C=O) groups is 2. The van der Waals surface area contributed by atoms with Crippen LogP contribution in [0.4, 0.5) is 10.5 Å². The monoisotopic (exact) mass is 429 g/mol. The number of urea groups is 1. The van der Waals surface area contributed by atoms with Crippen molar-refractivity contribution in [2.24, 2.45) is 0 Å². The van der Waals surface area contributed by atoms with Crippen molar-refractivity contribution in [3.8, 4) is 0 Å². The molecule has 6 heteroatoms. The van der Waals surface area contributed by atoms with Gasteiger partial charge in [-0.1, -0.05) is 72.1 Å². The molecule has 1 aliphatic carbocycles. The Labute approximate surface area is 187 Å². The molecule has 2 aliphatic rings. The highest BCUT2D eigenvalue weighted by Crippen LogP contribution is 2.41. The van der Waals surface area contributed by atoms with Gasteiger partial charge >= 0.3 is 6.03 Å². The second kappa shape index (κ2) is 9.60. The molecule has 1 aliphatic heterocycles. The third-order valence-electron chi connectivity index (χ3n) is 6.89. The number of nitrogens with zero attached hydrogens (tertiary/aromatic N) is 2.